The molecule has 3 nitrogen and oxygen atoms in total. The Morgan fingerprint density at radius 2 is 1.63 bits per heavy atom. The molecule has 0 aromatic heterocycles. The van der Waals surface area contributed by atoms with Gasteiger partial charge in [-0.05, 0) is 54.4 Å². The fourth-order valence-electron chi connectivity index (χ4n) is 1.85. The summed E-state index contributed by atoms with van der Waals surface area (Å²) in [5.41, 5.74) is -0.359. The van der Waals surface area contributed by atoms with Crippen LogP contribution >= 0.6 is 0 Å². The van der Waals surface area contributed by atoms with Crippen LogP contribution in [0.1, 0.15) is 54.4 Å². The van der Waals surface area contributed by atoms with Crippen molar-refractivity contribution >= 4 is 6.09 Å². The van der Waals surface area contributed by atoms with Crippen molar-refractivity contribution in [3.8, 4) is 11.8 Å². The average molecular weight is 265 g/mol. The highest BCUT2D eigenvalue weighted by Gasteiger charge is 2.26. The van der Waals surface area contributed by atoms with Crippen LogP contribution in [0.4, 0.5) is 4.79 Å². The molecule has 0 aliphatic carbocycles. The lowest BCUT2D eigenvalue weighted by Crippen LogP contribution is -2.41. The molecule has 1 saturated heterocycles. The molecule has 0 saturated carbocycles. The summed E-state index contributed by atoms with van der Waals surface area (Å²) >= 11 is 0. The van der Waals surface area contributed by atoms with Gasteiger partial charge in [-0.3, -0.25) is 0 Å². The standard InChI is InChI=1S/C16H27NO2/c1-15(2,3)10-7-13-8-11-17(12-9-13)14(18)19-16(4,5)6/h13H,8-9,11-12H2,1-6H3. The third kappa shape index (κ3) is 6.52. The number of ether oxygens (including phenoxy) is 1. The van der Waals surface area contributed by atoms with Crippen LogP contribution < -0.4 is 0 Å². The second kappa shape index (κ2) is 5.86. The summed E-state index contributed by atoms with van der Waals surface area (Å²) in [5.74, 6) is 7.04. The van der Waals surface area contributed by atoms with E-state index in [9.17, 15) is 4.79 Å². The lowest BCUT2D eigenvalue weighted by atomic mass is 9.93. The van der Waals surface area contributed by atoms with Crippen LogP contribution in [-0.4, -0.2) is 29.7 Å². The zero-order chi connectivity index (χ0) is 14.7. The minimum Gasteiger partial charge on any atom is -0.444 e. The minimum atomic E-state index is -0.417. The van der Waals surface area contributed by atoms with Gasteiger partial charge in [-0.2, -0.15) is 0 Å². The highest BCUT2D eigenvalue weighted by molar-refractivity contribution is 5.68. The second-order valence-electron chi connectivity index (χ2n) is 7.26. The predicted octanol–water partition coefficient (Wildman–Crippen LogP) is 3.68. The van der Waals surface area contributed by atoms with Gasteiger partial charge >= 0.3 is 6.09 Å². The van der Waals surface area contributed by atoms with E-state index in [2.05, 4.69) is 32.6 Å². The van der Waals surface area contributed by atoms with Crippen molar-refractivity contribution in [1.29, 1.82) is 0 Å². The van der Waals surface area contributed by atoms with E-state index in [1.807, 2.05) is 20.8 Å². The number of carbonyl (C=O) groups is 1. The van der Waals surface area contributed by atoms with E-state index < -0.39 is 5.60 Å². The maximum atomic E-state index is 11.9. The van der Waals surface area contributed by atoms with E-state index in [0.717, 1.165) is 25.9 Å². The number of likely N-dealkylation sites (tertiary alicyclic amines) is 1. The van der Waals surface area contributed by atoms with E-state index in [0.29, 0.717) is 5.92 Å². The van der Waals surface area contributed by atoms with Gasteiger partial charge in [0.25, 0.3) is 0 Å². The molecule has 1 aliphatic heterocycles. The van der Waals surface area contributed by atoms with Crippen LogP contribution in [0.2, 0.25) is 0 Å². The highest BCUT2D eigenvalue weighted by atomic mass is 16.6. The smallest absolute Gasteiger partial charge is 0.410 e. The van der Waals surface area contributed by atoms with E-state index in [1.54, 1.807) is 4.90 Å². The van der Waals surface area contributed by atoms with Crippen molar-refractivity contribution in [3.05, 3.63) is 0 Å². The molecule has 108 valence electrons. The quantitative estimate of drug-likeness (QED) is 0.625. The number of piperidine rings is 1. The maximum absolute atomic E-state index is 11.9. The van der Waals surface area contributed by atoms with Crippen molar-refractivity contribution < 1.29 is 9.53 Å². The Morgan fingerprint density at radius 3 is 2.05 bits per heavy atom. The molecule has 0 aromatic rings. The summed E-state index contributed by atoms with van der Waals surface area (Å²) in [6.07, 6.45) is 1.69. The normalized spacial score (nSPS) is 17.7. The van der Waals surface area contributed by atoms with Crippen LogP contribution in [-0.2, 0) is 4.74 Å². The summed E-state index contributed by atoms with van der Waals surface area (Å²) in [5, 5.41) is 0. The summed E-state index contributed by atoms with van der Waals surface area (Å²) in [4.78, 5) is 13.7. The Morgan fingerprint density at radius 1 is 1.11 bits per heavy atom. The number of carbonyl (C=O) groups excluding carboxylic acids is 1. The van der Waals surface area contributed by atoms with Crippen molar-refractivity contribution in [2.24, 2.45) is 11.3 Å². The first kappa shape index (κ1) is 15.9. The van der Waals surface area contributed by atoms with Crippen LogP contribution in [0.15, 0.2) is 0 Å². The first-order valence-corrected chi connectivity index (χ1v) is 7.07. The monoisotopic (exact) mass is 265 g/mol. The van der Waals surface area contributed by atoms with Gasteiger partial charge in [-0.15, -0.1) is 0 Å². The molecule has 0 spiro atoms. The van der Waals surface area contributed by atoms with Gasteiger partial charge in [0.1, 0.15) is 5.60 Å². The fraction of sp³-hybridized carbons (Fsp3) is 0.812. The Labute approximate surface area is 117 Å². The molecule has 1 aliphatic rings. The van der Waals surface area contributed by atoms with Crippen molar-refractivity contribution in [2.45, 2.75) is 60.0 Å². The molecule has 19 heavy (non-hydrogen) atoms. The number of rotatable bonds is 0. The molecule has 0 N–H and O–H groups in total. The zero-order valence-electron chi connectivity index (χ0n) is 13.2. The molecule has 1 rings (SSSR count). The third-order valence-corrected chi connectivity index (χ3v) is 2.80. The largest absolute Gasteiger partial charge is 0.444 e. The molecule has 1 amide bonds. The van der Waals surface area contributed by atoms with E-state index in [-0.39, 0.29) is 11.5 Å². The number of hydrogen-bond donors (Lipinski definition) is 0. The fourth-order valence-corrected chi connectivity index (χ4v) is 1.85. The van der Waals surface area contributed by atoms with Crippen molar-refractivity contribution in [2.75, 3.05) is 13.1 Å². The lowest BCUT2D eigenvalue weighted by molar-refractivity contribution is 0.0199. The number of nitrogens with zero attached hydrogens (tertiary/aromatic N) is 1. The van der Waals surface area contributed by atoms with Gasteiger partial charge in [-0.1, -0.05) is 11.8 Å². The molecule has 0 unspecified atom stereocenters. The minimum absolute atomic E-state index is 0.0578. The Kier molecular flexibility index (Phi) is 4.90. The van der Waals surface area contributed by atoms with Gasteiger partial charge in [0.2, 0.25) is 0 Å². The molecular weight excluding hydrogens is 238 g/mol. The lowest BCUT2D eigenvalue weighted by Gasteiger charge is -2.32. The van der Waals surface area contributed by atoms with Crippen LogP contribution in [0.5, 0.6) is 0 Å². The topological polar surface area (TPSA) is 29.5 Å². The highest BCUT2D eigenvalue weighted by Crippen LogP contribution is 2.20. The van der Waals surface area contributed by atoms with Gasteiger partial charge in [0.05, 0.1) is 0 Å². The third-order valence-electron chi connectivity index (χ3n) is 2.80. The number of amides is 1. The summed E-state index contributed by atoms with van der Waals surface area (Å²) < 4.78 is 5.38. The SMILES string of the molecule is CC(C)(C)C#CC1CCN(C(=O)OC(C)(C)C)CC1. The van der Waals surface area contributed by atoms with Gasteiger partial charge in [0.15, 0.2) is 0 Å². The summed E-state index contributed by atoms with van der Waals surface area (Å²) in [7, 11) is 0. The zero-order valence-corrected chi connectivity index (χ0v) is 13.2. The Bertz CT molecular complexity index is 368. The van der Waals surface area contributed by atoms with Gasteiger partial charge < -0.3 is 9.64 Å². The van der Waals surface area contributed by atoms with Crippen LogP contribution in [0.3, 0.4) is 0 Å². The Hall–Kier alpha value is -1.17. The summed E-state index contributed by atoms with van der Waals surface area (Å²) in [6.45, 7) is 13.5. The van der Waals surface area contributed by atoms with E-state index in [1.165, 1.54) is 0 Å². The molecule has 0 radical (unpaired) electrons. The van der Waals surface area contributed by atoms with Crippen molar-refractivity contribution in [1.82, 2.24) is 4.90 Å². The molecular formula is C16H27NO2. The molecule has 3 heteroatoms. The second-order valence-corrected chi connectivity index (χ2v) is 7.26. The van der Waals surface area contributed by atoms with E-state index in [4.69, 9.17) is 4.74 Å². The molecule has 1 fully saturated rings. The predicted molar refractivity (Wildman–Crippen MR) is 77.8 cm³/mol. The van der Waals surface area contributed by atoms with Crippen LogP contribution in [0, 0.1) is 23.2 Å². The molecule has 0 atom stereocenters. The average Bonchev–Trinajstić information content (AvgIpc) is 2.23. The first-order valence-electron chi connectivity index (χ1n) is 7.07. The maximum Gasteiger partial charge on any atom is 0.410 e. The molecule has 0 aromatic carbocycles. The first-order chi connectivity index (χ1) is 8.57. The van der Waals surface area contributed by atoms with Crippen molar-refractivity contribution in [3.63, 3.8) is 0 Å². The molecule has 0 bridgehead atoms. The van der Waals surface area contributed by atoms with Gasteiger partial charge in [0, 0.05) is 24.4 Å². The molecule has 1 heterocycles. The Balaban J connectivity index is 2.45. The van der Waals surface area contributed by atoms with E-state index >= 15 is 0 Å². The number of hydrogen-bond acceptors (Lipinski definition) is 2. The van der Waals surface area contributed by atoms with Gasteiger partial charge in [-0.25, -0.2) is 4.79 Å². The summed E-state index contributed by atoms with van der Waals surface area (Å²) in [6, 6.07) is 0. The van der Waals surface area contributed by atoms with Crippen LogP contribution in [0.25, 0.3) is 0 Å².